The van der Waals surface area contributed by atoms with Crippen LogP contribution in [0.4, 0.5) is 0 Å². The summed E-state index contributed by atoms with van der Waals surface area (Å²) in [5, 5.41) is 4.86. The third-order valence-electron chi connectivity index (χ3n) is 5.47. The number of rotatable bonds is 8. The van der Waals surface area contributed by atoms with Crippen molar-refractivity contribution in [3.8, 4) is 11.1 Å². The van der Waals surface area contributed by atoms with Crippen molar-refractivity contribution in [1.82, 2.24) is 9.72 Å². The van der Waals surface area contributed by atoms with E-state index in [4.69, 9.17) is 10.3 Å². The molecule has 2 heterocycles. The number of carbonyl (C=O) groups excluding carboxylic acids is 1. The van der Waals surface area contributed by atoms with Gasteiger partial charge in [0.1, 0.15) is 5.76 Å². The Kier molecular flexibility index (Phi) is 6.79. The molecule has 0 saturated carbocycles. The highest BCUT2D eigenvalue weighted by Gasteiger charge is 2.22. The van der Waals surface area contributed by atoms with Crippen LogP contribution >= 0.6 is 0 Å². The molecule has 0 aliphatic rings. The lowest BCUT2D eigenvalue weighted by atomic mass is 9.96. The minimum absolute atomic E-state index is 0.439. The molecule has 0 unspecified atom stereocenters. The van der Waals surface area contributed by atoms with E-state index in [-0.39, 0.29) is 0 Å². The van der Waals surface area contributed by atoms with Gasteiger partial charge in [-0.3, -0.25) is 4.79 Å². The Hall–Kier alpha value is -3.86. The quantitative estimate of drug-likeness (QED) is 0.424. The van der Waals surface area contributed by atoms with Crippen LogP contribution in [0.1, 0.15) is 46.9 Å². The van der Waals surface area contributed by atoms with Gasteiger partial charge in [0.2, 0.25) is 5.91 Å². The molecule has 2 N–H and O–H groups in total. The molecule has 5 nitrogen and oxygen atoms in total. The van der Waals surface area contributed by atoms with Gasteiger partial charge in [0.15, 0.2) is 0 Å². The first-order chi connectivity index (χ1) is 15.4. The van der Waals surface area contributed by atoms with Crippen molar-refractivity contribution in [1.29, 1.82) is 0 Å². The van der Waals surface area contributed by atoms with Crippen LogP contribution in [0, 0.1) is 13.8 Å². The molecule has 0 spiro atoms. The normalized spacial score (nSPS) is 12.3. The smallest absolute Gasteiger partial charge is 0.249 e. The lowest BCUT2D eigenvalue weighted by molar-refractivity contribution is 0.100. The molecule has 0 aliphatic heterocycles. The minimum atomic E-state index is -0.496. The number of amides is 1. The molecular weight excluding hydrogens is 398 g/mol. The molecule has 0 atom stereocenters. The lowest BCUT2D eigenvalue weighted by Crippen LogP contribution is -2.12. The van der Waals surface area contributed by atoms with Crippen molar-refractivity contribution in [3.05, 3.63) is 89.5 Å². The number of hydrogen-bond donors (Lipinski definition) is 1. The summed E-state index contributed by atoms with van der Waals surface area (Å²) in [5.74, 6) is 0.192. The molecule has 0 aliphatic carbocycles. The summed E-state index contributed by atoms with van der Waals surface area (Å²) in [4.78, 5) is 12.6. The first-order valence-corrected chi connectivity index (χ1v) is 10.5. The predicted molar refractivity (Wildman–Crippen MR) is 133 cm³/mol. The molecular formula is C27H29N3O2. The largest absolute Gasteiger partial charge is 0.366 e. The van der Waals surface area contributed by atoms with Gasteiger partial charge >= 0.3 is 0 Å². The molecule has 0 fully saturated rings. The van der Waals surface area contributed by atoms with Crippen molar-refractivity contribution < 1.29 is 9.32 Å². The summed E-state index contributed by atoms with van der Waals surface area (Å²) in [6, 6.07) is 3.88. The van der Waals surface area contributed by atoms with Crippen LogP contribution in [0.25, 0.3) is 34.2 Å². The standard InChI is InChI=1S/C27H29N3O2/c1-7-11-13-19(9-3)16-30-23(12-8-2)21(10-4)26-22(27(28)31)14-20(15-24(26)30)25-17(5)29-32-18(25)6/h7-15H,3-4,16H2,1-2,5-6H3,(H2,28,31)/b11-7-,12-8-,19-13+. The Bertz CT molecular complexity index is 1280. The Balaban J connectivity index is 2.47. The molecule has 0 bridgehead atoms. The van der Waals surface area contributed by atoms with Gasteiger partial charge in [-0.2, -0.15) is 0 Å². The average Bonchev–Trinajstić information content (AvgIpc) is 3.26. The van der Waals surface area contributed by atoms with Crippen LogP contribution < -0.4 is 5.73 Å². The van der Waals surface area contributed by atoms with Crippen molar-refractivity contribution in [2.24, 2.45) is 5.73 Å². The number of nitrogens with two attached hydrogens (primary N) is 1. The van der Waals surface area contributed by atoms with Crippen molar-refractivity contribution in [2.45, 2.75) is 34.2 Å². The summed E-state index contributed by atoms with van der Waals surface area (Å²) >= 11 is 0. The van der Waals surface area contributed by atoms with Crippen molar-refractivity contribution in [3.63, 3.8) is 0 Å². The Morgan fingerprint density at radius 3 is 2.50 bits per heavy atom. The van der Waals surface area contributed by atoms with Crippen LogP contribution in [0.5, 0.6) is 0 Å². The highest BCUT2D eigenvalue weighted by atomic mass is 16.5. The fourth-order valence-corrected chi connectivity index (χ4v) is 4.06. The van der Waals surface area contributed by atoms with Crippen molar-refractivity contribution in [2.75, 3.05) is 0 Å². The number of fused-ring (bicyclic) bond motifs is 1. The minimum Gasteiger partial charge on any atom is -0.366 e. The van der Waals surface area contributed by atoms with E-state index in [0.29, 0.717) is 17.9 Å². The molecule has 1 aromatic carbocycles. The third kappa shape index (κ3) is 4.02. The summed E-state index contributed by atoms with van der Waals surface area (Å²) in [6.45, 7) is 16.2. The van der Waals surface area contributed by atoms with Gasteiger partial charge in [0.05, 0.1) is 11.2 Å². The van der Waals surface area contributed by atoms with Gasteiger partial charge in [-0.05, 0) is 57.0 Å². The number of nitrogens with zero attached hydrogens (tertiary/aromatic N) is 2. The number of aryl methyl sites for hydroxylation is 2. The number of allylic oxidation sites excluding steroid dienone is 6. The Morgan fingerprint density at radius 2 is 1.97 bits per heavy atom. The highest BCUT2D eigenvalue weighted by molar-refractivity contribution is 6.11. The summed E-state index contributed by atoms with van der Waals surface area (Å²) in [7, 11) is 0. The Morgan fingerprint density at radius 1 is 1.22 bits per heavy atom. The van der Waals surface area contributed by atoms with E-state index in [2.05, 4.69) is 28.9 Å². The van der Waals surface area contributed by atoms with Crippen molar-refractivity contribution >= 4 is 29.0 Å². The molecule has 1 amide bonds. The summed E-state index contributed by atoms with van der Waals surface area (Å²) in [5.41, 5.74) is 12.5. The lowest BCUT2D eigenvalue weighted by Gasteiger charge is -2.12. The molecule has 164 valence electrons. The second-order valence-electron chi connectivity index (χ2n) is 7.54. The maximum absolute atomic E-state index is 12.6. The maximum atomic E-state index is 12.6. The predicted octanol–water partition coefficient (Wildman–Crippen LogP) is 6.38. The SMILES string of the molecule is C=C/C(=C\C=C/C)Cn1c(/C=C\C)c(C=C)c2c(C(N)=O)cc(-c3c(C)noc3C)cc21. The highest BCUT2D eigenvalue weighted by Crippen LogP contribution is 2.37. The van der Waals surface area contributed by atoms with Gasteiger partial charge in [-0.15, -0.1) is 0 Å². The molecule has 32 heavy (non-hydrogen) atoms. The summed E-state index contributed by atoms with van der Waals surface area (Å²) in [6.07, 6.45) is 13.6. The second-order valence-corrected chi connectivity index (χ2v) is 7.54. The number of carbonyl (C=O) groups is 1. The molecule has 3 aromatic rings. The number of hydrogen-bond acceptors (Lipinski definition) is 3. The van der Waals surface area contributed by atoms with Crippen LogP contribution in [-0.2, 0) is 6.54 Å². The topological polar surface area (TPSA) is 74.0 Å². The van der Waals surface area contributed by atoms with Gasteiger partial charge in [-0.1, -0.05) is 54.8 Å². The first-order valence-electron chi connectivity index (χ1n) is 10.5. The molecule has 0 radical (unpaired) electrons. The zero-order chi connectivity index (χ0) is 23.4. The van der Waals surface area contributed by atoms with E-state index in [1.165, 1.54) is 0 Å². The zero-order valence-electron chi connectivity index (χ0n) is 19.1. The zero-order valence-corrected chi connectivity index (χ0v) is 19.1. The summed E-state index contributed by atoms with van der Waals surface area (Å²) < 4.78 is 7.54. The number of benzene rings is 1. The van der Waals surface area contributed by atoms with E-state index in [0.717, 1.165) is 44.6 Å². The van der Waals surface area contributed by atoms with E-state index in [9.17, 15) is 4.79 Å². The van der Waals surface area contributed by atoms with E-state index >= 15 is 0 Å². The first kappa shape index (κ1) is 22.8. The van der Waals surface area contributed by atoms with E-state index in [1.54, 1.807) is 6.08 Å². The van der Waals surface area contributed by atoms with Gasteiger partial charge in [-0.25, -0.2) is 0 Å². The molecule has 5 heteroatoms. The number of primary amides is 1. The number of aromatic nitrogens is 2. The molecule has 3 rings (SSSR count). The maximum Gasteiger partial charge on any atom is 0.249 e. The van der Waals surface area contributed by atoms with Crippen LogP contribution in [-0.4, -0.2) is 15.6 Å². The van der Waals surface area contributed by atoms with E-state index < -0.39 is 5.91 Å². The van der Waals surface area contributed by atoms with Gasteiger partial charge in [0.25, 0.3) is 0 Å². The van der Waals surface area contributed by atoms with Crippen LogP contribution in [0.2, 0.25) is 0 Å². The Labute approximate surface area is 188 Å². The second kappa shape index (κ2) is 9.52. The fourth-order valence-electron chi connectivity index (χ4n) is 4.06. The third-order valence-corrected chi connectivity index (χ3v) is 5.47. The molecule has 0 saturated heterocycles. The van der Waals surface area contributed by atoms with Crippen LogP contribution in [0.15, 0.2) is 65.8 Å². The van der Waals surface area contributed by atoms with E-state index in [1.807, 2.05) is 70.2 Å². The van der Waals surface area contributed by atoms with Crippen LogP contribution in [0.3, 0.4) is 0 Å². The fraction of sp³-hybridized carbons (Fsp3) is 0.185. The average molecular weight is 428 g/mol. The molecule has 2 aromatic heterocycles. The van der Waals surface area contributed by atoms with Gasteiger partial charge in [0, 0.05) is 34.3 Å². The van der Waals surface area contributed by atoms with Gasteiger partial charge < -0.3 is 14.8 Å². The monoisotopic (exact) mass is 427 g/mol.